The molecule has 0 unspecified atom stereocenters. The molecule has 4 nitrogen and oxygen atoms in total. The van der Waals surface area contributed by atoms with Crippen molar-refractivity contribution in [3.05, 3.63) is 22.6 Å². The summed E-state index contributed by atoms with van der Waals surface area (Å²) in [6, 6.07) is 0. The number of thioether (sulfide) groups is 1. The third-order valence-electron chi connectivity index (χ3n) is 1.76. The standard InChI is InChI=1S/C9H14ClN3OS/c1-3-4-13-8(14)11-12-9(13)15-6-7(2)5-10/h2-6H2,1H3,(H,11,14). The molecule has 0 atom stereocenters. The first-order chi connectivity index (χ1) is 7.19. The number of halogens is 1. The van der Waals surface area contributed by atoms with Crippen LogP contribution < -0.4 is 5.69 Å². The van der Waals surface area contributed by atoms with E-state index < -0.39 is 0 Å². The smallest absolute Gasteiger partial charge is 0.270 e. The van der Waals surface area contributed by atoms with Crippen LogP contribution >= 0.6 is 23.4 Å². The topological polar surface area (TPSA) is 50.7 Å². The molecule has 0 bridgehead atoms. The first-order valence-electron chi connectivity index (χ1n) is 4.69. The molecule has 0 aliphatic carbocycles. The number of rotatable bonds is 6. The van der Waals surface area contributed by atoms with Crippen LogP contribution in [0.5, 0.6) is 0 Å². The zero-order valence-electron chi connectivity index (χ0n) is 8.62. The molecule has 0 amide bonds. The van der Waals surface area contributed by atoms with Crippen molar-refractivity contribution in [2.24, 2.45) is 0 Å². The molecular formula is C9H14ClN3OS. The van der Waals surface area contributed by atoms with Crippen LogP contribution in [0.15, 0.2) is 22.1 Å². The quantitative estimate of drug-likeness (QED) is 0.474. The molecule has 1 N–H and O–H groups in total. The Hall–Kier alpha value is -0.680. The van der Waals surface area contributed by atoms with Gasteiger partial charge in [-0.2, -0.15) is 0 Å². The second-order valence-corrected chi connectivity index (χ2v) is 4.35. The van der Waals surface area contributed by atoms with Gasteiger partial charge in [-0.15, -0.1) is 16.7 Å². The van der Waals surface area contributed by atoms with Crippen LogP contribution in [0.2, 0.25) is 0 Å². The van der Waals surface area contributed by atoms with Crippen LogP contribution in [0.25, 0.3) is 0 Å². The highest BCUT2D eigenvalue weighted by atomic mass is 35.5. The van der Waals surface area contributed by atoms with Gasteiger partial charge in [0.25, 0.3) is 0 Å². The molecule has 6 heteroatoms. The summed E-state index contributed by atoms with van der Waals surface area (Å²) in [7, 11) is 0. The van der Waals surface area contributed by atoms with Crippen LogP contribution in [-0.2, 0) is 6.54 Å². The van der Waals surface area contributed by atoms with E-state index in [1.54, 1.807) is 4.57 Å². The second-order valence-electron chi connectivity index (χ2n) is 3.14. The van der Waals surface area contributed by atoms with Crippen LogP contribution in [0.1, 0.15) is 13.3 Å². The van der Waals surface area contributed by atoms with Gasteiger partial charge in [0.05, 0.1) is 0 Å². The molecule has 1 rings (SSSR count). The van der Waals surface area contributed by atoms with E-state index in [0.29, 0.717) is 23.3 Å². The molecule has 0 aliphatic heterocycles. The van der Waals surface area contributed by atoms with E-state index in [9.17, 15) is 4.79 Å². The average molecular weight is 248 g/mol. The highest BCUT2D eigenvalue weighted by molar-refractivity contribution is 7.99. The Labute approximate surface area is 97.7 Å². The number of aromatic nitrogens is 3. The minimum Gasteiger partial charge on any atom is -0.270 e. The van der Waals surface area contributed by atoms with E-state index in [1.165, 1.54) is 11.8 Å². The minimum atomic E-state index is -0.157. The molecule has 0 aromatic carbocycles. The third-order valence-corrected chi connectivity index (χ3v) is 3.27. The molecule has 1 aromatic heterocycles. The van der Waals surface area contributed by atoms with Gasteiger partial charge in [0.2, 0.25) is 0 Å². The van der Waals surface area contributed by atoms with Crippen LogP contribution in [0, 0.1) is 0 Å². The summed E-state index contributed by atoms with van der Waals surface area (Å²) in [5, 5.41) is 7.08. The van der Waals surface area contributed by atoms with Gasteiger partial charge in [-0.1, -0.05) is 30.8 Å². The summed E-state index contributed by atoms with van der Waals surface area (Å²) in [5.41, 5.74) is 0.774. The van der Waals surface area contributed by atoms with Gasteiger partial charge in [-0.25, -0.2) is 9.89 Å². The zero-order chi connectivity index (χ0) is 11.3. The lowest BCUT2D eigenvalue weighted by atomic mass is 10.4. The molecule has 0 saturated carbocycles. The summed E-state index contributed by atoms with van der Waals surface area (Å²) in [6.45, 7) is 6.50. The van der Waals surface area contributed by atoms with E-state index in [2.05, 4.69) is 16.8 Å². The van der Waals surface area contributed by atoms with Gasteiger partial charge >= 0.3 is 5.69 Å². The van der Waals surface area contributed by atoms with Gasteiger partial charge in [0.1, 0.15) is 0 Å². The fraction of sp³-hybridized carbons (Fsp3) is 0.556. The Morgan fingerprint density at radius 3 is 3.07 bits per heavy atom. The first-order valence-corrected chi connectivity index (χ1v) is 6.21. The fourth-order valence-electron chi connectivity index (χ4n) is 1.04. The molecule has 0 radical (unpaired) electrons. The molecule has 0 spiro atoms. The van der Waals surface area contributed by atoms with Crippen molar-refractivity contribution in [3.63, 3.8) is 0 Å². The Balaban J connectivity index is 2.68. The molecular weight excluding hydrogens is 234 g/mol. The predicted octanol–water partition coefficient (Wildman–Crippen LogP) is 1.87. The first kappa shape index (κ1) is 12.4. The highest BCUT2D eigenvalue weighted by Crippen LogP contribution is 2.16. The van der Waals surface area contributed by atoms with Crippen molar-refractivity contribution in [2.75, 3.05) is 11.6 Å². The van der Waals surface area contributed by atoms with E-state index in [4.69, 9.17) is 11.6 Å². The lowest BCUT2D eigenvalue weighted by Crippen LogP contribution is -2.17. The maximum absolute atomic E-state index is 11.3. The summed E-state index contributed by atoms with van der Waals surface area (Å²) in [6.07, 6.45) is 0.906. The maximum Gasteiger partial charge on any atom is 0.343 e. The Morgan fingerprint density at radius 1 is 1.73 bits per heavy atom. The van der Waals surface area contributed by atoms with Crippen LogP contribution in [-0.4, -0.2) is 26.4 Å². The summed E-state index contributed by atoms with van der Waals surface area (Å²) in [5.74, 6) is 1.13. The summed E-state index contributed by atoms with van der Waals surface area (Å²) in [4.78, 5) is 11.3. The molecule has 1 aromatic rings. The van der Waals surface area contributed by atoms with Gasteiger partial charge in [-0.05, 0) is 6.42 Å². The third kappa shape index (κ3) is 3.43. The van der Waals surface area contributed by atoms with Gasteiger partial charge in [0.15, 0.2) is 5.16 Å². The maximum atomic E-state index is 11.3. The fourth-order valence-corrected chi connectivity index (χ4v) is 2.12. The number of hydrogen-bond donors (Lipinski definition) is 1. The van der Waals surface area contributed by atoms with Crippen LogP contribution in [0.4, 0.5) is 0 Å². The largest absolute Gasteiger partial charge is 0.343 e. The van der Waals surface area contributed by atoms with E-state index in [1.807, 2.05) is 6.92 Å². The van der Waals surface area contributed by atoms with E-state index in [-0.39, 0.29) is 5.69 Å². The normalized spacial score (nSPS) is 10.5. The van der Waals surface area contributed by atoms with Crippen molar-refractivity contribution >= 4 is 23.4 Å². The Bertz CT molecular complexity index is 385. The van der Waals surface area contributed by atoms with E-state index >= 15 is 0 Å². The van der Waals surface area contributed by atoms with Gasteiger partial charge in [-0.3, -0.25) is 4.57 Å². The molecule has 84 valence electrons. The molecule has 0 fully saturated rings. The summed E-state index contributed by atoms with van der Waals surface area (Å²) >= 11 is 7.09. The van der Waals surface area contributed by atoms with Gasteiger partial charge in [0, 0.05) is 18.2 Å². The average Bonchev–Trinajstić information content (AvgIpc) is 2.58. The number of nitrogens with zero attached hydrogens (tertiary/aromatic N) is 2. The SMILES string of the molecule is C=C(CCl)CSc1n[nH]c(=O)n1CCC. The Morgan fingerprint density at radius 2 is 2.47 bits per heavy atom. The van der Waals surface area contributed by atoms with Gasteiger partial charge < -0.3 is 0 Å². The highest BCUT2D eigenvalue weighted by Gasteiger charge is 2.07. The number of H-pyrrole nitrogens is 1. The van der Waals surface area contributed by atoms with Crippen LogP contribution in [0.3, 0.4) is 0 Å². The molecule has 15 heavy (non-hydrogen) atoms. The van der Waals surface area contributed by atoms with Crippen molar-refractivity contribution in [3.8, 4) is 0 Å². The number of aromatic amines is 1. The molecule has 1 heterocycles. The second kappa shape index (κ2) is 6.02. The zero-order valence-corrected chi connectivity index (χ0v) is 10.2. The predicted molar refractivity (Wildman–Crippen MR) is 63.7 cm³/mol. The van der Waals surface area contributed by atoms with Crippen molar-refractivity contribution < 1.29 is 0 Å². The van der Waals surface area contributed by atoms with E-state index in [0.717, 1.165) is 12.0 Å². The van der Waals surface area contributed by atoms with Crippen molar-refractivity contribution in [1.29, 1.82) is 0 Å². The lowest BCUT2D eigenvalue weighted by molar-refractivity contribution is 0.604. The molecule has 0 saturated heterocycles. The Kier molecular flexibility index (Phi) is 4.98. The van der Waals surface area contributed by atoms with Crippen molar-refractivity contribution in [2.45, 2.75) is 25.0 Å². The minimum absolute atomic E-state index is 0.157. The number of hydrogen-bond acceptors (Lipinski definition) is 3. The summed E-state index contributed by atoms with van der Waals surface area (Å²) < 4.78 is 1.63. The molecule has 0 aliphatic rings. The number of alkyl halides is 1. The monoisotopic (exact) mass is 247 g/mol. The van der Waals surface area contributed by atoms with Crippen molar-refractivity contribution in [1.82, 2.24) is 14.8 Å². The lowest BCUT2D eigenvalue weighted by Gasteiger charge is -2.03. The number of nitrogens with one attached hydrogen (secondary N) is 1.